The molecule has 0 bridgehead atoms. The molecule has 0 radical (unpaired) electrons. The van der Waals surface area contributed by atoms with Gasteiger partial charge < -0.3 is 4.74 Å². The number of ether oxygens (including phenoxy) is 1. The monoisotopic (exact) mass is 377 g/mol. The van der Waals surface area contributed by atoms with Crippen LogP contribution in [0.3, 0.4) is 0 Å². The molecule has 2 atom stereocenters. The Hall–Kier alpha value is -2.20. The van der Waals surface area contributed by atoms with Crippen LogP contribution in [0.15, 0.2) is 53.6 Å². The first kappa shape index (κ1) is 19.1. The van der Waals surface area contributed by atoms with Crippen LogP contribution in [-0.2, 0) is 9.53 Å². The Morgan fingerprint density at radius 1 is 1.16 bits per heavy atom. The number of hydrogen-bond acceptors (Lipinski definition) is 3. The Morgan fingerprint density at radius 2 is 1.88 bits per heavy atom. The molecule has 0 amide bonds. The van der Waals surface area contributed by atoms with Crippen molar-refractivity contribution in [3.63, 3.8) is 0 Å². The summed E-state index contributed by atoms with van der Waals surface area (Å²) in [5, 5.41) is 5.15. The zero-order valence-corrected chi connectivity index (χ0v) is 15.1. The molecule has 25 heavy (non-hydrogen) atoms. The summed E-state index contributed by atoms with van der Waals surface area (Å²) in [5.41, 5.74) is 10.8. The van der Waals surface area contributed by atoms with Gasteiger partial charge in [0.05, 0.1) is 13.2 Å². The number of carbonyl (C=O) groups is 1. The predicted octanol–water partition coefficient (Wildman–Crippen LogP) is 6.08. The van der Waals surface area contributed by atoms with Gasteiger partial charge in [-0.2, -0.15) is 0 Å². The number of carbonyl (C=O) groups excluding carboxylic acids is 1. The molecule has 0 fully saturated rings. The second-order valence-corrected chi connectivity index (χ2v) is 6.35. The molecule has 2 aromatic carbocycles. The largest absolute Gasteiger partial charge is 0.469 e. The lowest BCUT2D eigenvalue weighted by atomic mass is 9.84. The van der Waals surface area contributed by atoms with Crippen molar-refractivity contribution in [2.45, 2.75) is 24.8 Å². The third kappa shape index (κ3) is 5.40. The smallest absolute Gasteiger partial charge is 0.305 e. The lowest BCUT2D eigenvalue weighted by Crippen LogP contribution is -2.12. The molecule has 2 rings (SSSR count). The normalized spacial score (nSPS) is 12.8. The van der Waals surface area contributed by atoms with Crippen molar-refractivity contribution in [1.29, 1.82) is 0 Å². The van der Waals surface area contributed by atoms with E-state index < -0.39 is 6.04 Å². The Balaban J connectivity index is 2.43. The standard InChI is InChI=1S/C18H17Cl2N3O2/c1-25-17(24)10-9-16(13-3-2-4-15(20)11-13)18(22-23-21)12-5-7-14(19)8-6-12/h2-8,11,16,18H,9-10H2,1H3/t16-,18+/m0/s1. The van der Waals surface area contributed by atoms with Gasteiger partial charge >= 0.3 is 5.97 Å². The molecule has 5 nitrogen and oxygen atoms in total. The van der Waals surface area contributed by atoms with E-state index in [1.807, 2.05) is 30.3 Å². The number of methoxy groups -OCH3 is 1. The number of azide groups is 1. The Kier molecular flexibility index (Phi) is 7.14. The maximum atomic E-state index is 11.6. The summed E-state index contributed by atoms with van der Waals surface area (Å²) in [6, 6.07) is 14.0. The van der Waals surface area contributed by atoms with Crippen LogP contribution in [0.2, 0.25) is 10.0 Å². The van der Waals surface area contributed by atoms with Gasteiger partial charge in [-0.1, -0.05) is 52.6 Å². The van der Waals surface area contributed by atoms with Crippen LogP contribution >= 0.6 is 23.2 Å². The van der Waals surface area contributed by atoms with E-state index in [1.165, 1.54) is 7.11 Å². The van der Waals surface area contributed by atoms with Gasteiger partial charge in [0.1, 0.15) is 0 Å². The number of rotatable bonds is 7. The van der Waals surface area contributed by atoms with E-state index in [9.17, 15) is 4.79 Å². The van der Waals surface area contributed by atoms with E-state index in [0.29, 0.717) is 16.5 Å². The van der Waals surface area contributed by atoms with Crippen molar-refractivity contribution in [1.82, 2.24) is 0 Å². The number of nitrogens with zero attached hydrogens (tertiary/aromatic N) is 3. The molecule has 130 valence electrons. The van der Waals surface area contributed by atoms with Crippen LogP contribution in [0, 0.1) is 0 Å². The molecule has 0 aliphatic carbocycles. The van der Waals surface area contributed by atoms with Crippen LogP contribution in [-0.4, -0.2) is 13.1 Å². The molecule has 0 saturated carbocycles. The Labute approximate surface area is 156 Å². The van der Waals surface area contributed by atoms with Crippen LogP contribution in [0.5, 0.6) is 0 Å². The fourth-order valence-electron chi connectivity index (χ4n) is 2.71. The van der Waals surface area contributed by atoms with Crippen molar-refractivity contribution >= 4 is 29.2 Å². The van der Waals surface area contributed by atoms with Gasteiger partial charge in [-0.3, -0.25) is 4.79 Å². The summed E-state index contributed by atoms with van der Waals surface area (Å²) in [6.45, 7) is 0. The fourth-order valence-corrected chi connectivity index (χ4v) is 3.04. The zero-order chi connectivity index (χ0) is 18.2. The molecule has 0 saturated heterocycles. The highest BCUT2D eigenvalue weighted by molar-refractivity contribution is 6.30. The van der Waals surface area contributed by atoms with Crippen molar-refractivity contribution in [2.24, 2.45) is 5.11 Å². The maximum absolute atomic E-state index is 11.6. The lowest BCUT2D eigenvalue weighted by Gasteiger charge is -2.24. The van der Waals surface area contributed by atoms with Crippen molar-refractivity contribution in [3.8, 4) is 0 Å². The molecule has 0 unspecified atom stereocenters. The first-order chi connectivity index (χ1) is 12.0. The molecule has 0 aliphatic heterocycles. The third-order valence-electron chi connectivity index (χ3n) is 3.93. The summed E-state index contributed by atoms with van der Waals surface area (Å²) < 4.78 is 4.74. The van der Waals surface area contributed by atoms with Crippen LogP contribution < -0.4 is 0 Å². The minimum atomic E-state index is -0.495. The zero-order valence-electron chi connectivity index (χ0n) is 13.6. The molecule has 0 spiro atoms. The van der Waals surface area contributed by atoms with Gasteiger partial charge in [-0.05, 0) is 53.3 Å². The fraction of sp³-hybridized carbons (Fsp3) is 0.278. The Bertz CT molecular complexity index is 774. The van der Waals surface area contributed by atoms with Gasteiger partial charge in [-0.25, -0.2) is 0 Å². The third-order valence-corrected chi connectivity index (χ3v) is 4.42. The highest BCUT2D eigenvalue weighted by atomic mass is 35.5. The number of benzene rings is 2. The maximum Gasteiger partial charge on any atom is 0.305 e. The van der Waals surface area contributed by atoms with Crippen LogP contribution in [0.1, 0.15) is 35.9 Å². The van der Waals surface area contributed by atoms with Crippen LogP contribution in [0.25, 0.3) is 10.4 Å². The van der Waals surface area contributed by atoms with Gasteiger partial charge in [0.15, 0.2) is 0 Å². The average molecular weight is 378 g/mol. The van der Waals surface area contributed by atoms with E-state index in [2.05, 4.69) is 10.0 Å². The van der Waals surface area contributed by atoms with Crippen molar-refractivity contribution in [3.05, 3.63) is 80.1 Å². The van der Waals surface area contributed by atoms with E-state index >= 15 is 0 Å². The molecule has 7 heteroatoms. The summed E-state index contributed by atoms with van der Waals surface area (Å²) in [7, 11) is 1.35. The first-order valence-electron chi connectivity index (χ1n) is 7.67. The minimum Gasteiger partial charge on any atom is -0.469 e. The summed E-state index contributed by atoms with van der Waals surface area (Å²) in [4.78, 5) is 14.6. The molecule has 0 heterocycles. The van der Waals surface area contributed by atoms with E-state index in [0.717, 1.165) is 11.1 Å². The van der Waals surface area contributed by atoms with Gasteiger partial charge in [0.2, 0.25) is 0 Å². The topological polar surface area (TPSA) is 75.1 Å². The SMILES string of the molecule is COC(=O)CC[C@@H](c1cccc(Cl)c1)[C@H](N=[N+]=[N-])c1ccc(Cl)cc1. The highest BCUT2D eigenvalue weighted by Gasteiger charge is 2.25. The molecular weight excluding hydrogens is 361 g/mol. The number of halogens is 2. The van der Waals surface area contributed by atoms with Gasteiger partial charge in [-0.15, -0.1) is 0 Å². The second-order valence-electron chi connectivity index (χ2n) is 5.48. The Morgan fingerprint density at radius 3 is 2.48 bits per heavy atom. The molecule has 0 aliphatic rings. The van der Waals surface area contributed by atoms with Crippen molar-refractivity contribution in [2.75, 3.05) is 7.11 Å². The highest BCUT2D eigenvalue weighted by Crippen LogP contribution is 2.39. The summed E-state index contributed by atoms with van der Waals surface area (Å²) in [6.07, 6.45) is 0.665. The summed E-state index contributed by atoms with van der Waals surface area (Å²) >= 11 is 12.1. The summed E-state index contributed by atoms with van der Waals surface area (Å²) in [5.74, 6) is -0.544. The van der Waals surface area contributed by atoms with Crippen molar-refractivity contribution < 1.29 is 9.53 Å². The quantitative estimate of drug-likeness (QED) is 0.253. The van der Waals surface area contributed by atoms with Gasteiger partial charge in [0, 0.05) is 21.4 Å². The van der Waals surface area contributed by atoms with Gasteiger partial charge in [0.25, 0.3) is 0 Å². The van der Waals surface area contributed by atoms with Crippen LogP contribution in [0.4, 0.5) is 0 Å². The molecule has 0 N–H and O–H groups in total. The second kappa shape index (κ2) is 9.33. The lowest BCUT2D eigenvalue weighted by molar-refractivity contribution is -0.140. The minimum absolute atomic E-state index is 0.207. The predicted molar refractivity (Wildman–Crippen MR) is 98.8 cm³/mol. The van der Waals surface area contributed by atoms with E-state index in [-0.39, 0.29) is 18.3 Å². The first-order valence-corrected chi connectivity index (χ1v) is 8.42. The number of hydrogen-bond donors (Lipinski definition) is 0. The average Bonchev–Trinajstić information content (AvgIpc) is 2.61. The molecule has 2 aromatic rings. The van der Waals surface area contributed by atoms with E-state index in [1.54, 1.807) is 18.2 Å². The molecule has 0 aromatic heterocycles. The molecular formula is C18H17Cl2N3O2. The van der Waals surface area contributed by atoms with E-state index in [4.69, 9.17) is 33.5 Å². The number of esters is 1.